The fourth-order valence-corrected chi connectivity index (χ4v) is 3.97. The molecule has 1 unspecified atom stereocenters. The molecule has 0 bridgehead atoms. The average Bonchev–Trinajstić information content (AvgIpc) is 3.11. The normalized spacial score (nSPS) is 15.5. The van der Waals surface area contributed by atoms with Gasteiger partial charge in [0.25, 0.3) is 16.4 Å². The van der Waals surface area contributed by atoms with Crippen LogP contribution < -0.4 is 9.47 Å². The van der Waals surface area contributed by atoms with Gasteiger partial charge in [-0.2, -0.15) is 8.42 Å². The maximum Gasteiger partial charge on any atom is 0.297 e. The Hall–Kier alpha value is -2.68. The van der Waals surface area contributed by atoms with Gasteiger partial charge in [0.2, 0.25) is 0 Å². The number of hydrogen-bond acceptors (Lipinski definition) is 5. The number of ether oxygens (including phenoxy) is 2. The van der Waals surface area contributed by atoms with Crippen LogP contribution in [0.3, 0.4) is 0 Å². The number of rotatable bonds is 5. The predicted molar refractivity (Wildman–Crippen MR) is 101 cm³/mol. The minimum atomic E-state index is -4.01. The van der Waals surface area contributed by atoms with Crippen molar-refractivity contribution in [2.75, 3.05) is 6.61 Å². The Morgan fingerprint density at radius 3 is 2.48 bits per heavy atom. The zero-order valence-electron chi connectivity index (χ0n) is 14.6. The van der Waals surface area contributed by atoms with Crippen LogP contribution in [0.2, 0.25) is 5.02 Å². The standard InChI is InChI=1S/C20H13ClF2O5S/c21-12-8-16(15-10-13(22)6-7-17(15)23)20-18(9-12)27-19(28-20)11-26-29(24,25)14-4-2-1-3-5-14/h1-10,19H,11H2. The highest BCUT2D eigenvalue weighted by atomic mass is 35.5. The summed E-state index contributed by atoms with van der Waals surface area (Å²) < 4.78 is 68.5. The molecule has 0 aromatic heterocycles. The lowest BCUT2D eigenvalue weighted by atomic mass is 10.0. The molecule has 150 valence electrons. The summed E-state index contributed by atoms with van der Waals surface area (Å²) in [5, 5.41) is 0.212. The summed E-state index contributed by atoms with van der Waals surface area (Å²) in [5.74, 6) is -1.03. The van der Waals surface area contributed by atoms with Crippen molar-refractivity contribution < 1.29 is 30.9 Å². The molecule has 0 N–H and O–H groups in total. The van der Waals surface area contributed by atoms with E-state index < -0.39 is 34.6 Å². The van der Waals surface area contributed by atoms with Crippen LogP contribution in [-0.2, 0) is 14.3 Å². The first-order valence-electron chi connectivity index (χ1n) is 8.40. The molecule has 0 saturated heterocycles. The molecule has 5 nitrogen and oxygen atoms in total. The lowest BCUT2D eigenvalue weighted by Gasteiger charge is -2.12. The minimum absolute atomic E-state index is 0.0129. The topological polar surface area (TPSA) is 61.8 Å². The molecular formula is C20H13ClF2O5S. The van der Waals surface area contributed by atoms with Crippen LogP contribution in [0.5, 0.6) is 11.5 Å². The van der Waals surface area contributed by atoms with Gasteiger partial charge < -0.3 is 9.47 Å². The third kappa shape index (κ3) is 4.05. The Kier molecular flexibility index (Phi) is 5.16. The summed E-state index contributed by atoms with van der Waals surface area (Å²) in [6.45, 7) is -0.450. The quantitative estimate of drug-likeness (QED) is 0.536. The Balaban J connectivity index is 1.58. The van der Waals surface area contributed by atoms with Gasteiger partial charge in [-0.25, -0.2) is 8.78 Å². The van der Waals surface area contributed by atoms with Crippen LogP contribution in [0.25, 0.3) is 11.1 Å². The SMILES string of the molecule is O=S(=O)(OCC1Oc2cc(Cl)cc(-c3cc(F)ccc3F)c2O1)c1ccccc1. The molecule has 0 aliphatic carbocycles. The van der Waals surface area contributed by atoms with Gasteiger partial charge in [-0.3, -0.25) is 4.18 Å². The zero-order valence-corrected chi connectivity index (χ0v) is 16.2. The van der Waals surface area contributed by atoms with E-state index in [1.54, 1.807) is 18.2 Å². The highest BCUT2D eigenvalue weighted by molar-refractivity contribution is 7.86. The molecule has 1 heterocycles. The molecule has 0 saturated carbocycles. The lowest BCUT2D eigenvalue weighted by Crippen LogP contribution is -2.26. The van der Waals surface area contributed by atoms with Crippen molar-refractivity contribution in [1.82, 2.24) is 0 Å². The summed E-state index contributed by atoms with van der Waals surface area (Å²) in [6, 6.07) is 13.4. The van der Waals surface area contributed by atoms with Crippen molar-refractivity contribution in [3.8, 4) is 22.6 Å². The Bertz CT molecular complexity index is 1170. The molecule has 0 spiro atoms. The van der Waals surface area contributed by atoms with Gasteiger partial charge in [-0.15, -0.1) is 0 Å². The molecule has 0 radical (unpaired) electrons. The maximum atomic E-state index is 14.2. The Morgan fingerprint density at radius 1 is 0.966 bits per heavy atom. The van der Waals surface area contributed by atoms with E-state index in [9.17, 15) is 17.2 Å². The monoisotopic (exact) mass is 438 g/mol. The van der Waals surface area contributed by atoms with Crippen LogP contribution in [0.1, 0.15) is 0 Å². The number of hydrogen-bond donors (Lipinski definition) is 0. The minimum Gasteiger partial charge on any atom is -0.448 e. The molecule has 9 heteroatoms. The fourth-order valence-electron chi connectivity index (χ4n) is 2.85. The van der Waals surface area contributed by atoms with Crippen LogP contribution in [0.4, 0.5) is 8.78 Å². The molecule has 3 aromatic carbocycles. The van der Waals surface area contributed by atoms with Crippen LogP contribution >= 0.6 is 11.6 Å². The first-order chi connectivity index (χ1) is 13.8. The van der Waals surface area contributed by atoms with Crippen LogP contribution in [0, 0.1) is 11.6 Å². The third-order valence-electron chi connectivity index (χ3n) is 4.14. The van der Waals surface area contributed by atoms with Crippen molar-refractivity contribution >= 4 is 21.7 Å². The van der Waals surface area contributed by atoms with Gasteiger partial charge in [0.15, 0.2) is 11.5 Å². The largest absolute Gasteiger partial charge is 0.448 e. The van der Waals surface area contributed by atoms with Crippen molar-refractivity contribution in [2.24, 2.45) is 0 Å². The number of fused-ring (bicyclic) bond motifs is 1. The van der Waals surface area contributed by atoms with Gasteiger partial charge in [0, 0.05) is 22.2 Å². The average molecular weight is 439 g/mol. The van der Waals surface area contributed by atoms with Crippen molar-refractivity contribution in [3.63, 3.8) is 0 Å². The zero-order chi connectivity index (χ0) is 20.6. The van der Waals surface area contributed by atoms with Gasteiger partial charge in [0.1, 0.15) is 18.2 Å². The highest BCUT2D eigenvalue weighted by Gasteiger charge is 2.31. The number of halogens is 3. The van der Waals surface area contributed by atoms with E-state index in [0.29, 0.717) is 0 Å². The number of benzene rings is 3. The second-order valence-electron chi connectivity index (χ2n) is 6.12. The van der Waals surface area contributed by atoms with E-state index in [2.05, 4.69) is 0 Å². The molecule has 4 rings (SSSR count). The van der Waals surface area contributed by atoms with Gasteiger partial charge in [-0.1, -0.05) is 29.8 Å². The second-order valence-corrected chi connectivity index (χ2v) is 8.17. The van der Waals surface area contributed by atoms with Crippen molar-refractivity contribution in [3.05, 3.63) is 77.3 Å². The molecule has 0 fully saturated rings. The Labute approximate surface area is 170 Å². The van der Waals surface area contributed by atoms with Gasteiger partial charge in [-0.05, 0) is 36.4 Å². The molecule has 1 aliphatic rings. The first-order valence-corrected chi connectivity index (χ1v) is 10.2. The summed E-state index contributed by atoms with van der Waals surface area (Å²) >= 11 is 6.07. The molecule has 1 aliphatic heterocycles. The Morgan fingerprint density at radius 2 is 1.72 bits per heavy atom. The third-order valence-corrected chi connectivity index (χ3v) is 5.65. The highest BCUT2D eigenvalue weighted by Crippen LogP contribution is 2.46. The molecule has 0 amide bonds. The van der Waals surface area contributed by atoms with Crippen molar-refractivity contribution in [1.29, 1.82) is 0 Å². The van der Waals surface area contributed by atoms with Gasteiger partial charge in [0.05, 0.1) is 4.90 Å². The van der Waals surface area contributed by atoms with E-state index in [0.717, 1.165) is 18.2 Å². The molecule has 29 heavy (non-hydrogen) atoms. The van der Waals surface area contributed by atoms with Crippen LogP contribution in [0.15, 0.2) is 65.6 Å². The molecule has 1 atom stereocenters. The first kappa shape index (κ1) is 19.6. The molecular weight excluding hydrogens is 426 g/mol. The van der Waals surface area contributed by atoms with Gasteiger partial charge >= 0.3 is 0 Å². The summed E-state index contributed by atoms with van der Waals surface area (Å²) in [5.41, 5.74) is 0.115. The van der Waals surface area contributed by atoms with E-state index in [4.69, 9.17) is 25.3 Å². The smallest absolute Gasteiger partial charge is 0.297 e. The summed E-state index contributed by atoms with van der Waals surface area (Å²) in [6.07, 6.45) is -1.11. The van der Waals surface area contributed by atoms with E-state index >= 15 is 0 Å². The predicted octanol–water partition coefficient (Wildman–Crippen LogP) is 4.79. The van der Waals surface area contributed by atoms with E-state index in [-0.39, 0.29) is 32.5 Å². The second kappa shape index (κ2) is 7.62. The maximum absolute atomic E-state index is 14.2. The lowest BCUT2D eigenvalue weighted by molar-refractivity contribution is 0.00992. The summed E-state index contributed by atoms with van der Waals surface area (Å²) in [7, 11) is -4.01. The van der Waals surface area contributed by atoms with Crippen LogP contribution in [-0.4, -0.2) is 21.3 Å². The summed E-state index contributed by atoms with van der Waals surface area (Å²) in [4.78, 5) is -0.0129. The fraction of sp³-hybridized carbons (Fsp3) is 0.100. The van der Waals surface area contributed by atoms with E-state index in [1.807, 2.05) is 0 Å². The molecule has 3 aromatic rings. The van der Waals surface area contributed by atoms with E-state index in [1.165, 1.54) is 24.3 Å². The van der Waals surface area contributed by atoms with Crippen molar-refractivity contribution in [2.45, 2.75) is 11.2 Å².